The molecule has 0 heterocycles. The standard InChI is InChI=1S/C11H22N2O2S2/c1-9(11(12)16)8-13(2)17(14,15)10-6-4-3-5-7-10/h9-10H,3-8H2,1-2H3,(H2,12,16). The zero-order chi connectivity index (χ0) is 13.1. The quantitative estimate of drug-likeness (QED) is 0.774. The van der Waals surface area contributed by atoms with Gasteiger partial charge in [0.1, 0.15) is 0 Å². The minimum absolute atomic E-state index is 0.0756. The highest BCUT2D eigenvalue weighted by molar-refractivity contribution is 7.89. The molecule has 1 saturated carbocycles. The van der Waals surface area contributed by atoms with Gasteiger partial charge in [-0.3, -0.25) is 0 Å². The van der Waals surface area contributed by atoms with Crippen molar-refractivity contribution in [3.8, 4) is 0 Å². The number of rotatable bonds is 5. The summed E-state index contributed by atoms with van der Waals surface area (Å²) in [5, 5.41) is -0.209. The molecule has 4 nitrogen and oxygen atoms in total. The Labute approximate surface area is 110 Å². The number of nitrogens with zero attached hydrogens (tertiary/aromatic N) is 1. The third-order valence-corrected chi connectivity index (χ3v) is 6.16. The van der Waals surface area contributed by atoms with Crippen LogP contribution in [0.5, 0.6) is 0 Å². The number of sulfonamides is 1. The highest BCUT2D eigenvalue weighted by atomic mass is 32.2. The molecule has 0 spiro atoms. The van der Waals surface area contributed by atoms with Gasteiger partial charge in [0, 0.05) is 19.5 Å². The lowest BCUT2D eigenvalue weighted by molar-refractivity contribution is 0.412. The summed E-state index contributed by atoms with van der Waals surface area (Å²) in [6.07, 6.45) is 4.76. The van der Waals surface area contributed by atoms with E-state index in [-0.39, 0.29) is 11.2 Å². The molecule has 1 unspecified atom stereocenters. The number of hydrogen-bond donors (Lipinski definition) is 1. The first-order chi connectivity index (χ1) is 7.85. The Kier molecular flexibility index (Phi) is 5.34. The molecule has 2 N–H and O–H groups in total. The van der Waals surface area contributed by atoms with Crippen molar-refractivity contribution in [3.63, 3.8) is 0 Å². The Morgan fingerprint density at radius 1 is 1.41 bits per heavy atom. The molecule has 0 aromatic rings. The first-order valence-corrected chi connectivity index (χ1v) is 8.01. The molecule has 0 radical (unpaired) electrons. The molecule has 0 aromatic heterocycles. The van der Waals surface area contributed by atoms with E-state index in [0.29, 0.717) is 11.5 Å². The first kappa shape index (κ1) is 14.9. The van der Waals surface area contributed by atoms with E-state index in [2.05, 4.69) is 0 Å². The second-order valence-corrected chi connectivity index (χ2v) is 7.68. The second kappa shape index (κ2) is 6.11. The normalized spacial score (nSPS) is 20.4. The zero-order valence-corrected chi connectivity index (χ0v) is 12.2. The monoisotopic (exact) mass is 278 g/mol. The van der Waals surface area contributed by atoms with Crippen LogP contribution < -0.4 is 5.73 Å². The lowest BCUT2D eigenvalue weighted by Crippen LogP contribution is -2.41. The highest BCUT2D eigenvalue weighted by Gasteiger charge is 2.31. The van der Waals surface area contributed by atoms with Crippen molar-refractivity contribution in [1.82, 2.24) is 4.31 Å². The van der Waals surface area contributed by atoms with Gasteiger partial charge in [-0.05, 0) is 12.8 Å². The van der Waals surface area contributed by atoms with E-state index in [1.54, 1.807) is 7.05 Å². The predicted octanol–water partition coefficient (Wildman–Crippen LogP) is 1.50. The third kappa shape index (κ3) is 3.89. The molecule has 1 aliphatic rings. The Morgan fingerprint density at radius 3 is 2.41 bits per heavy atom. The predicted molar refractivity (Wildman–Crippen MR) is 74.4 cm³/mol. The summed E-state index contributed by atoms with van der Waals surface area (Å²) < 4.78 is 26.0. The Bertz CT molecular complexity index is 362. The van der Waals surface area contributed by atoms with Crippen molar-refractivity contribution >= 4 is 27.2 Å². The van der Waals surface area contributed by atoms with Crippen LogP contribution in [-0.4, -0.2) is 36.6 Å². The van der Waals surface area contributed by atoms with E-state index >= 15 is 0 Å². The van der Waals surface area contributed by atoms with Crippen LogP contribution in [0.4, 0.5) is 0 Å². The number of hydrogen-bond acceptors (Lipinski definition) is 3. The molecule has 0 aromatic carbocycles. The van der Waals surface area contributed by atoms with Crippen LogP contribution in [0.3, 0.4) is 0 Å². The van der Waals surface area contributed by atoms with Crippen LogP contribution in [-0.2, 0) is 10.0 Å². The van der Waals surface area contributed by atoms with Crippen LogP contribution in [0.25, 0.3) is 0 Å². The van der Waals surface area contributed by atoms with Gasteiger partial charge in [-0.15, -0.1) is 0 Å². The highest BCUT2D eigenvalue weighted by Crippen LogP contribution is 2.25. The van der Waals surface area contributed by atoms with Crippen LogP contribution in [0.1, 0.15) is 39.0 Å². The van der Waals surface area contributed by atoms with Crippen LogP contribution in [0.2, 0.25) is 0 Å². The van der Waals surface area contributed by atoms with Crippen molar-refractivity contribution < 1.29 is 8.42 Å². The molecule has 1 aliphatic carbocycles. The lowest BCUT2D eigenvalue weighted by atomic mass is 10.0. The molecule has 17 heavy (non-hydrogen) atoms. The van der Waals surface area contributed by atoms with Gasteiger partial charge in [-0.2, -0.15) is 0 Å². The molecule has 6 heteroatoms. The minimum atomic E-state index is -3.17. The molecule has 0 amide bonds. The largest absolute Gasteiger partial charge is 0.393 e. The van der Waals surface area contributed by atoms with Crippen molar-refractivity contribution in [2.75, 3.05) is 13.6 Å². The Morgan fingerprint density at radius 2 is 1.94 bits per heavy atom. The van der Waals surface area contributed by atoms with E-state index in [1.165, 1.54) is 4.31 Å². The molecular formula is C11H22N2O2S2. The zero-order valence-electron chi connectivity index (χ0n) is 10.6. The smallest absolute Gasteiger partial charge is 0.216 e. The molecule has 0 aliphatic heterocycles. The summed E-state index contributed by atoms with van der Waals surface area (Å²) >= 11 is 4.87. The van der Waals surface area contributed by atoms with Gasteiger partial charge in [0.15, 0.2) is 0 Å². The fraction of sp³-hybridized carbons (Fsp3) is 0.909. The summed E-state index contributed by atoms with van der Waals surface area (Å²) in [6.45, 7) is 2.24. The van der Waals surface area contributed by atoms with E-state index in [0.717, 1.165) is 32.1 Å². The maximum atomic E-state index is 12.3. The van der Waals surface area contributed by atoms with Gasteiger partial charge in [0.2, 0.25) is 10.0 Å². The maximum Gasteiger partial charge on any atom is 0.216 e. The van der Waals surface area contributed by atoms with Crippen molar-refractivity contribution in [2.24, 2.45) is 11.7 Å². The fourth-order valence-electron chi connectivity index (χ4n) is 2.20. The van der Waals surface area contributed by atoms with Gasteiger partial charge >= 0.3 is 0 Å². The summed E-state index contributed by atoms with van der Waals surface area (Å²) in [7, 11) is -1.55. The first-order valence-electron chi connectivity index (χ1n) is 6.10. The van der Waals surface area contributed by atoms with E-state index in [4.69, 9.17) is 18.0 Å². The molecule has 0 bridgehead atoms. The number of thiocarbonyl (C=S) groups is 1. The minimum Gasteiger partial charge on any atom is -0.393 e. The van der Waals surface area contributed by atoms with Crippen LogP contribution in [0, 0.1) is 5.92 Å². The SMILES string of the molecule is CC(CN(C)S(=O)(=O)C1CCCCC1)C(N)=S. The average molecular weight is 278 g/mol. The third-order valence-electron chi connectivity index (χ3n) is 3.42. The van der Waals surface area contributed by atoms with Gasteiger partial charge in [0.05, 0.1) is 10.2 Å². The Balaban J connectivity index is 2.65. The molecular weight excluding hydrogens is 256 g/mol. The van der Waals surface area contributed by atoms with Crippen molar-refractivity contribution in [2.45, 2.75) is 44.3 Å². The van der Waals surface area contributed by atoms with Gasteiger partial charge in [-0.25, -0.2) is 12.7 Å². The van der Waals surface area contributed by atoms with Crippen LogP contribution >= 0.6 is 12.2 Å². The van der Waals surface area contributed by atoms with E-state index in [9.17, 15) is 8.42 Å². The van der Waals surface area contributed by atoms with Crippen molar-refractivity contribution in [3.05, 3.63) is 0 Å². The maximum absolute atomic E-state index is 12.3. The molecule has 1 rings (SSSR count). The summed E-state index contributed by atoms with van der Waals surface area (Å²) in [5.41, 5.74) is 5.52. The summed E-state index contributed by atoms with van der Waals surface area (Å²) in [4.78, 5) is 0.371. The topological polar surface area (TPSA) is 63.4 Å². The fourth-order valence-corrected chi connectivity index (χ4v) is 4.14. The lowest BCUT2D eigenvalue weighted by Gasteiger charge is -2.28. The second-order valence-electron chi connectivity index (χ2n) is 4.89. The molecule has 1 fully saturated rings. The van der Waals surface area contributed by atoms with E-state index in [1.807, 2.05) is 6.92 Å². The Hall–Kier alpha value is -0.200. The summed E-state index contributed by atoms with van der Waals surface area (Å²) in [6, 6.07) is 0. The van der Waals surface area contributed by atoms with Gasteiger partial charge in [-0.1, -0.05) is 38.4 Å². The van der Waals surface area contributed by atoms with Crippen molar-refractivity contribution in [1.29, 1.82) is 0 Å². The summed E-state index contributed by atoms with van der Waals surface area (Å²) in [5.74, 6) is -0.0756. The van der Waals surface area contributed by atoms with Crippen LogP contribution in [0.15, 0.2) is 0 Å². The van der Waals surface area contributed by atoms with Gasteiger partial charge in [0.25, 0.3) is 0 Å². The average Bonchev–Trinajstić information content (AvgIpc) is 2.29. The van der Waals surface area contributed by atoms with E-state index < -0.39 is 10.0 Å². The molecule has 0 saturated heterocycles. The molecule has 100 valence electrons. The number of nitrogens with two attached hydrogens (primary N) is 1. The van der Waals surface area contributed by atoms with Gasteiger partial charge < -0.3 is 5.73 Å². The molecule has 1 atom stereocenters.